The molecule has 1 heterocycles. The highest BCUT2D eigenvalue weighted by molar-refractivity contribution is 7.11. The molecule has 0 saturated carbocycles. The van der Waals surface area contributed by atoms with Gasteiger partial charge in [0.2, 0.25) is 0 Å². The number of rotatable bonds is 8. The van der Waals surface area contributed by atoms with Gasteiger partial charge in [-0.25, -0.2) is 5.43 Å². The Kier molecular flexibility index (Phi) is 6.60. The lowest BCUT2D eigenvalue weighted by Gasteiger charge is -2.08. The van der Waals surface area contributed by atoms with Gasteiger partial charge >= 0.3 is 0 Å². The minimum absolute atomic E-state index is 0.106. The van der Waals surface area contributed by atoms with Crippen LogP contribution in [0.1, 0.15) is 16.0 Å². The molecule has 27 heavy (non-hydrogen) atoms. The minimum atomic E-state index is -0.315. The highest BCUT2D eigenvalue weighted by Gasteiger charge is 2.03. The number of thiophene rings is 1. The lowest BCUT2D eigenvalue weighted by atomic mass is 10.2. The van der Waals surface area contributed by atoms with Gasteiger partial charge in [0, 0.05) is 4.88 Å². The summed E-state index contributed by atoms with van der Waals surface area (Å²) in [6.45, 7) is 2.40. The van der Waals surface area contributed by atoms with Crippen LogP contribution in [0.25, 0.3) is 0 Å². The number of nitrogens with one attached hydrogen (secondary N) is 1. The lowest BCUT2D eigenvalue weighted by Crippen LogP contribution is -2.24. The fourth-order valence-corrected chi connectivity index (χ4v) is 3.02. The molecule has 0 saturated heterocycles. The van der Waals surface area contributed by atoms with Crippen LogP contribution in [0, 0.1) is 6.92 Å². The summed E-state index contributed by atoms with van der Waals surface area (Å²) in [6.07, 6.45) is 1.64. The van der Waals surface area contributed by atoms with E-state index in [-0.39, 0.29) is 12.5 Å². The Balaban J connectivity index is 1.41. The molecule has 1 N–H and O–H groups in total. The Morgan fingerprint density at radius 3 is 2.41 bits per heavy atom. The Hall–Kier alpha value is -3.12. The van der Waals surface area contributed by atoms with Crippen molar-refractivity contribution >= 4 is 23.5 Å². The van der Waals surface area contributed by atoms with Crippen LogP contribution >= 0.6 is 11.3 Å². The van der Waals surface area contributed by atoms with Gasteiger partial charge in [0.25, 0.3) is 5.91 Å². The maximum atomic E-state index is 11.8. The summed E-state index contributed by atoms with van der Waals surface area (Å²) in [5.74, 6) is 1.02. The molecule has 0 aliphatic rings. The van der Waals surface area contributed by atoms with Gasteiger partial charge in [0.15, 0.2) is 6.61 Å². The monoisotopic (exact) mass is 380 g/mol. The average Bonchev–Trinajstić information content (AvgIpc) is 3.11. The highest BCUT2D eigenvalue weighted by Crippen LogP contribution is 2.18. The van der Waals surface area contributed by atoms with Crippen LogP contribution in [0.5, 0.6) is 11.5 Å². The van der Waals surface area contributed by atoms with Crippen LogP contribution in [0.3, 0.4) is 0 Å². The van der Waals surface area contributed by atoms with E-state index in [1.54, 1.807) is 29.7 Å². The third-order valence-electron chi connectivity index (χ3n) is 3.71. The first-order valence-corrected chi connectivity index (χ1v) is 9.34. The molecule has 1 aromatic heterocycles. The van der Waals surface area contributed by atoms with Gasteiger partial charge in [-0.2, -0.15) is 5.10 Å². The number of amides is 1. The summed E-state index contributed by atoms with van der Waals surface area (Å²) in [5.41, 5.74) is 4.69. The normalized spacial score (nSPS) is 10.7. The smallest absolute Gasteiger partial charge is 0.277 e. The van der Waals surface area contributed by atoms with E-state index in [1.807, 2.05) is 60.8 Å². The van der Waals surface area contributed by atoms with Crippen LogP contribution in [-0.2, 0) is 11.4 Å². The average molecular weight is 380 g/mol. The molecule has 3 rings (SSSR count). The number of hydrogen-bond acceptors (Lipinski definition) is 5. The maximum absolute atomic E-state index is 11.8. The summed E-state index contributed by atoms with van der Waals surface area (Å²) >= 11 is 1.57. The standard InChI is InChI=1S/C21H20N2O3S/c1-16-11-12-27-20(16)13-22-23-21(24)15-26-19-9-7-18(8-10-19)25-14-17-5-3-2-4-6-17/h2-13H,14-15H2,1H3,(H,23,24)/b22-13-. The molecular formula is C21H20N2O3S. The van der Waals surface area contributed by atoms with E-state index in [1.165, 1.54) is 0 Å². The van der Waals surface area contributed by atoms with Crippen LogP contribution < -0.4 is 14.9 Å². The van der Waals surface area contributed by atoms with E-state index in [0.29, 0.717) is 12.4 Å². The summed E-state index contributed by atoms with van der Waals surface area (Å²) in [6, 6.07) is 19.1. The molecule has 3 aromatic rings. The van der Waals surface area contributed by atoms with Crippen molar-refractivity contribution in [2.75, 3.05) is 6.61 Å². The maximum Gasteiger partial charge on any atom is 0.277 e. The second-order valence-electron chi connectivity index (χ2n) is 5.80. The lowest BCUT2D eigenvalue weighted by molar-refractivity contribution is -0.123. The van der Waals surface area contributed by atoms with Gasteiger partial charge in [-0.3, -0.25) is 4.79 Å². The summed E-state index contributed by atoms with van der Waals surface area (Å²) in [4.78, 5) is 12.8. The minimum Gasteiger partial charge on any atom is -0.489 e. The van der Waals surface area contributed by atoms with Crippen molar-refractivity contribution < 1.29 is 14.3 Å². The first-order valence-electron chi connectivity index (χ1n) is 8.46. The zero-order valence-corrected chi connectivity index (χ0v) is 15.7. The number of hydrazone groups is 1. The molecule has 2 aromatic carbocycles. The summed E-state index contributed by atoms with van der Waals surface area (Å²) in [5, 5.41) is 5.92. The van der Waals surface area contributed by atoms with Crippen molar-refractivity contribution in [3.8, 4) is 11.5 Å². The van der Waals surface area contributed by atoms with E-state index in [0.717, 1.165) is 21.8 Å². The van der Waals surface area contributed by atoms with Crippen LogP contribution in [0.15, 0.2) is 71.1 Å². The van der Waals surface area contributed by atoms with Gasteiger partial charge in [0.1, 0.15) is 18.1 Å². The number of nitrogens with zero attached hydrogens (tertiary/aromatic N) is 1. The van der Waals surface area contributed by atoms with Crippen LogP contribution in [-0.4, -0.2) is 18.7 Å². The van der Waals surface area contributed by atoms with Gasteiger partial charge < -0.3 is 9.47 Å². The molecule has 138 valence electrons. The van der Waals surface area contributed by atoms with E-state index in [2.05, 4.69) is 10.5 Å². The number of hydrogen-bond donors (Lipinski definition) is 1. The number of carbonyl (C=O) groups is 1. The first kappa shape index (κ1) is 18.7. The molecule has 0 bridgehead atoms. The van der Waals surface area contributed by atoms with Crippen LogP contribution in [0.4, 0.5) is 0 Å². The predicted molar refractivity (Wildman–Crippen MR) is 108 cm³/mol. The highest BCUT2D eigenvalue weighted by atomic mass is 32.1. The molecule has 0 radical (unpaired) electrons. The van der Waals surface area contributed by atoms with Crippen molar-refractivity contribution in [2.45, 2.75) is 13.5 Å². The molecular weight excluding hydrogens is 360 g/mol. The van der Waals surface area contributed by atoms with E-state index >= 15 is 0 Å². The zero-order chi connectivity index (χ0) is 18.9. The molecule has 6 heteroatoms. The van der Waals surface area contributed by atoms with Gasteiger partial charge in [-0.05, 0) is 53.8 Å². The number of carbonyl (C=O) groups excluding carboxylic acids is 1. The van der Waals surface area contributed by atoms with Crippen molar-refractivity contribution in [3.05, 3.63) is 82.0 Å². The Labute approximate surface area is 162 Å². The van der Waals surface area contributed by atoms with Crippen molar-refractivity contribution in [2.24, 2.45) is 5.10 Å². The fraction of sp³-hybridized carbons (Fsp3) is 0.143. The third-order valence-corrected chi connectivity index (χ3v) is 4.67. The number of benzene rings is 2. The molecule has 1 amide bonds. The molecule has 0 aliphatic carbocycles. The van der Waals surface area contributed by atoms with Crippen molar-refractivity contribution in [1.29, 1.82) is 0 Å². The summed E-state index contributed by atoms with van der Waals surface area (Å²) < 4.78 is 11.2. The summed E-state index contributed by atoms with van der Waals surface area (Å²) in [7, 11) is 0. The Bertz CT molecular complexity index is 889. The van der Waals surface area contributed by atoms with Crippen molar-refractivity contribution in [3.63, 3.8) is 0 Å². The molecule has 5 nitrogen and oxygen atoms in total. The topological polar surface area (TPSA) is 59.9 Å². The van der Waals surface area contributed by atoms with E-state index in [4.69, 9.17) is 9.47 Å². The van der Waals surface area contributed by atoms with Crippen LogP contribution in [0.2, 0.25) is 0 Å². The van der Waals surface area contributed by atoms with E-state index in [9.17, 15) is 4.79 Å². The SMILES string of the molecule is Cc1ccsc1/C=N\NC(=O)COc1ccc(OCc2ccccc2)cc1. The molecule has 0 fully saturated rings. The molecule has 0 aliphatic heterocycles. The Morgan fingerprint density at radius 2 is 1.74 bits per heavy atom. The van der Waals surface area contributed by atoms with Crippen molar-refractivity contribution in [1.82, 2.24) is 5.43 Å². The molecule has 0 atom stereocenters. The second-order valence-corrected chi connectivity index (χ2v) is 6.74. The zero-order valence-electron chi connectivity index (χ0n) is 14.9. The fourth-order valence-electron chi connectivity index (χ4n) is 2.23. The van der Waals surface area contributed by atoms with Gasteiger partial charge in [0.05, 0.1) is 6.21 Å². The largest absolute Gasteiger partial charge is 0.489 e. The van der Waals surface area contributed by atoms with Gasteiger partial charge in [-0.15, -0.1) is 11.3 Å². The van der Waals surface area contributed by atoms with E-state index < -0.39 is 0 Å². The first-order chi connectivity index (χ1) is 13.2. The molecule has 0 unspecified atom stereocenters. The predicted octanol–water partition coefficient (Wildman–Crippen LogP) is 4.16. The van der Waals surface area contributed by atoms with Gasteiger partial charge in [-0.1, -0.05) is 30.3 Å². The number of aryl methyl sites for hydroxylation is 1. The quantitative estimate of drug-likeness (QED) is 0.471. The second kappa shape index (κ2) is 9.54. The molecule has 0 spiro atoms. The third kappa shape index (κ3) is 5.97. The Morgan fingerprint density at radius 1 is 1.04 bits per heavy atom. The number of ether oxygens (including phenoxy) is 2.